The molecule has 0 radical (unpaired) electrons. The van der Waals surface area contributed by atoms with Gasteiger partial charge >= 0.3 is 122 Å². The van der Waals surface area contributed by atoms with E-state index in [-0.39, 0.29) is 0 Å². The van der Waals surface area contributed by atoms with Crippen LogP contribution in [0.4, 0.5) is 0 Å². The minimum absolute atomic E-state index is 0.851. The van der Waals surface area contributed by atoms with Gasteiger partial charge in [0.05, 0.1) is 0 Å². The maximum absolute atomic E-state index is 2.61. The predicted molar refractivity (Wildman–Crippen MR) is 81.5 cm³/mol. The number of rotatable bonds is 12. The van der Waals surface area contributed by atoms with Crippen molar-refractivity contribution in [1.82, 2.24) is 0 Å². The minimum atomic E-state index is -0.851. The Kier molecular flexibility index (Phi) is 13.0. The van der Waals surface area contributed by atoms with Crippen molar-refractivity contribution >= 4 is 5.35 Å². The van der Waals surface area contributed by atoms with Gasteiger partial charge in [-0.15, -0.1) is 0 Å². The SMILES string of the molecule is CCCCC[PH]([Mo])(CCCCC)CCCCC. The van der Waals surface area contributed by atoms with Crippen molar-refractivity contribution in [1.29, 1.82) is 0 Å². The van der Waals surface area contributed by atoms with Crippen LogP contribution < -0.4 is 0 Å². The van der Waals surface area contributed by atoms with E-state index in [1.807, 2.05) is 0 Å². The third kappa shape index (κ3) is 10.7. The summed E-state index contributed by atoms with van der Waals surface area (Å²) in [5.41, 5.74) is 0. The second-order valence-corrected chi connectivity index (χ2v) is 15.8. The second kappa shape index (κ2) is 12.2. The van der Waals surface area contributed by atoms with Gasteiger partial charge in [-0.3, -0.25) is 0 Å². The summed E-state index contributed by atoms with van der Waals surface area (Å²) in [4.78, 5) is 0. The Balaban J connectivity index is 3.95. The Hall–Kier alpha value is 1.12. The molecular weight excluding hydrogens is 307 g/mol. The number of hydrogen-bond acceptors (Lipinski definition) is 0. The standard InChI is InChI=1S/C15H33P.Mo/c1-4-7-10-13-16(14-11-8-5-2)15-12-9-6-3;/h4-15H2,1-3H3;/q;-1/p+1. The van der Waals surface area contributed by atoms with Crippen LogP contribution in [0.25, 0.3) is 0 Å². The molecule has 0 fully saturated rings. The van der Waals surface area contributed by atoms with Gasteiger partial charge in [0.15, 0.2) is 0 Å². The summed E-state index contributed by atoms with van der Waals surface area (Å²) in [5.74, 6) is 0. The van der Waals surface area contributed by atoms with Crippen molar-refractivity contribution in [3.05, 3.63) is 0 Å². The van der Waals surface area contributed by atoms with Crippen molar-refractivity contribution in [3.8, 4) is 0 Å². The zero-order chi connectivity index (χ0) is 13.0. The van der Waals surface area contributed by atoms with E-state index in [9.17, 15) is 0 Å². The molecular formula is C15H34MoP. The molecule has 0 aliphatic rings. The van der Waals surface area contributed by atoms with Gasteiger partial charge in [-0.2, -0.15) is 0 Å². The molecule has 0 atom stereocenters. The molecule has 0 amide bonds. The normalized spacial score (nSPS) is 12.9. The summed E-state index contributed by atoms with van der Waals surface area (Å²) >= 11 is 2.61. The van der Waals surface area contributed by atoms with E-state index in [4.69, 9.17) is 0 Å². The Bertz CT molecular complexity index is 132. The Morgan fingerprint density at radius 2 is 0.882 bits per heavy atom. The molecule has 0 saturated carbocycles. The summed E-state index contributed by atoms with van der Waals surface area (Å²) in [5, 5.41) is -0.851. The molecule has 0 heterocycles. The van der Waals surface area contributed by atoms with Gasteiger partial charge in [-0.1, -0.05) is 0 Å². The van der Waals surface area contributed by atoms with Crippen molar-refractivity contribution < 1.29 is 19.3 Å². The molecule has 0 aliphatic carbocycles. The molecule has 0 spiro atoms. The molecule has 0 aliphatic heterocycles. The first-order chi connectivity index (χ1) is 8.18. The molecule has 0 aromatic carbocycles. The number of unbranched alkanes of at least 4 members (excludes halogenated alkanes) is 6. The van der Waals surface area contributed by atoms with Crippen LogP contribution in [0.2, 0.25) is 0 Å². The summed E-state index contributed by atoms with van der Waals surface area (Å²) in [6, 6.07) is 0. The van der Waals surface area contributed by atoms with Gasteiger partial charge in [0.2, 0.25) is 0 Å². The van der Waals surface area contributed by atoms with Gasteiger partial charge in [-0.25, -0.2) is 0 Å². The summed E-state index contributed by atoms with van der Waals surface area (Å²) in [7, 11) is 0. The van der Waals surface area contributed by atoms with Gasteiger partial charge in [0.25, 0.3) is 0 Å². The third-order valence-corrected chi connectivity index (χ3v) is 12.0. The van der Waals surface area contributed by atoms with Crippen molar-refractivity contribution in [3.63, 3.8) is 0 Å². The van der Waals surface area contributed by atoms with Gasteiger partial charge in [0, 0.05) is 0 Å². The molecule has 105 valence electrons. The molecule has 0 aromatic rings. The predicted octanol–water partition coefficient (Wildman–Crippen LogP) is 5.77. The average Bonchev–Trinajstić information content (AvgIpc) is 2.30. The summed E-state index contributed by atoms with van der Waals surface area (Å²) < 4.78 is 0. The van der Waals surface area contributed by atoms with E-state index in [1.165, 1.54) is 57.8 Å². The first-order valence-electron chi connectivity index (χ1n) is 7.89. The van der Waals surface area contributed by atoms with Crippen LogP contribution >= 0.6 is 5.35 Å². The Morgan fingerprint density at radius 1 is 0.588 bits per heavy atom. The molecule has 0 nitrogen and oxygen atoms in total. The summed E-state index contributed by atoms with van der Waals surface area (Å²) in [6.07, 6.45) is 17.9. The topological polar surface area (TPSA) is 0 Å². The van der Waals surface area contributed by atoms with Gasteiger partial charge in [0.1, 0.15) is 0 Å². The number of hydrogen-bond donors (Lipinski definition) is 0. The fourth-order valence-corrected chi connectivity index (χ4v) is 9.09. The Labute approximate surface area is 121 Å². The average molecular weight is 341 g/mol. The van der Waals surface area contributed by atoms with Gasteiger partial charge in [-0.05, 0) is 0 Å². The molecule has 17 heavy (non-hydrogen) atoms. The van der Waals surface area contributed by atoms with Crippen LogP contribution in [0, 0.1) is 0 Å². The first-order valence-corrected chi connectivity index (χ1v) is 13.4. The first kappa shape index (κ1) is 18.1. The zero-order valence-electron chi connectivity index (χ0n) is 12.4. The van der Waals surface area contributed by atoms with E-state index in [0.717, 1.165) is 0 Å². The maximum atomic E-state index is 2.61. The van der Waals surface area contributed by atoms with Crippen molar-refractivity contribution in [2.75, 3.05) is 18.5 Å². The molecule has 0 N–H and O–H groups in total. The van der Waals surface area contributed by atoms with Crippen LogP contribution in [0.1, 0.15) is 78.6 Å². The van der Waals surface area contributed by atoms with Gasteiger partial charge < -0.3 is 0 Å². The molecule has 0 bridgehead atoms. The fourth-order valence-electron chi connectivity index (χ4n) is 2.47. The molecule has 2 heteroatoms. The van der Waals surface area contributed by atoms with Crippen molar-refractivity contribution in [2.45, 2.75) is 78.6 Å². The fraction of sp³-hybridized carbons (Fsp3) is 1.00. The molecule has 0 aromatic heterocycles. The summed E-state index contributed by atoms with van der Waals surface area (Å²) in [6.45, 7) is 6.98. The van der Waals surface area contributed by atoms with E-state index in [0.29, 0.717) is 0 Å². The zero-order valence-corrected chi connectivity index (χ0v) is 15.4. The van der Waals surface area contributed by atoms with Crippen LogP contribution in [-0.2, 0) is 19.3 Å². The quantitative estimate of drug-likeness (QED) is 0.240. The Morgan fingerprint density at radius 3 is 1.12 bits per heavy atom. The molecule has 0 rings (SSSR count). The van der Waals surface area contributed by atoms with E-state index in [1.54, 1.807) is 18.5 Å². The van der Waals surface area contributed by atoms with E-state index in [2.05, 4.69) is 40.1 Å². The van der Waals surface area contributed by atoms with Crippen LogP contribution in [0.15, 0.2) is 0 Å². The molecule has 0 unspecified atom stereocenters. The van der Waals surface area contributed by atoms with Crippen LogP contribution in [0.5, 0.6) is 0 Å². The van der Waals surface area contributed by atoms with Crippen molar-refractivity contribution in [2.24, 2.45) is 0 Å². The van der Waals surface area contributed by atoms with E-state index >= 15 is 0 Å². The van der Waals surface area contributed by atoms with E-state index < -0.39 is 5.35 Å². The third-order valence-electron chi connectivity index (χ3n) is 3.71. The van der Waals surface area contributed by atoms with Crippen LogP contribution in [-0.4, -0.2) is 18.5 Å². The van der Waals surface area contributed by atoms with Crippen LogP contribution in [0.3, 0.4) is 0 Å². The monoisotopic (exact) mass is 343 g/mol. The molecule has 0 saturated heterocycles. The second-order valence-electron chi connectivity index (χ2n) is 5.55.